The zero-order valence-corrected chi connectivity index (χ0v) is 10.9. The molecule has 2 rings (SSSR count). The van der Waals surface area contributed by atoms with Gasteiger partial charge in [-0.25, -0.2) is 4.98 Å². The molecule has 1 atom stereocenters. The van der Waals surface area contributed by atoms with Gasteiger partial charge in [0, 0.05) is 38.4 Å². The maximum absolute atomic E-state index is 12.1. The van der Waals surface area contributed by atoms with Gasteiger partial charge in [0.05, 0.1) is 11.9 Å². The number of aryl methyl sites for hydroxylation is 1. The molecule has 1 fully saturated rings. The van der Waals surface area contributed by atoms with Crippen LogP contribution in [0.15, 0.2) is 18.7 Å². The number of imidazole rings is 1. The van der Waals surface area contributed by atoms with Crippen molar-refractivity contribution < 1.29 is 9.90 Å². The molecule has 1 saturated heterocycles. The van der Waals surface area contributed by atoms with Crippen molar-refractivity contribution in [3.8, 4) is 0 Å². The third-order valence-electron chi connectivity index (χ3n) is 3.56. The van der Waals surface area contributed by atoms with Crippen LogP contribution < -0.4 is 0 Å². The van der Waals surface area contributed by atoms with Crippen molar-refractivity contribution in [3.63, 3.8) is 0 Å². The Morgan fingerprint density at radius 2 is 2.28 bits per heavy atom. The van der Waals surface area contributed by atoms with Crippen LogP contribution in [0.25, 0.3) is 0 Å². The van der Waals surface area contributed by atoms with Crippen molar-refractivity contribution in [2.45, 2.75) is 44.8 Å². The first-order valence-electron chi connectivity index (χ1n) is 6.53. The van der Waals surface area contributed by atoms with Crippen LogP contribution in [-0.4, -0.2) is 44.2 Å². The summed E-state index contributed by atoms with van der Waals surface area (Å²) in [4.78, 5) is 17.9. The molecule has 5 heteroatoms. The zero-order chi connectivity index (χ0) is 13.0. The Balaban J connectivity index is 1.82. The van der Waals surface area contributed by atoms with Crippen LogP contribution in [0, 0.1) is 0 Å². The molecule has 0 saturated carbocycles. The van der Waals surface area contributed by atoms with Crippen molar-refractivity contribution in [2.75, 3.05) is 13.1 Å². The summed E-state index contributed by atoms with van der Waals surface area (Å²) >= 11 is 0. The van der Waals surface area contributed by atoms with Gasteiger partial charge in [0.25, 0.3) is 0 Å². The van der Waals surface area contributed by atoms with Gasteiger partial charge in [-0.2, -0.15) is 0 Å². The highest BCUT2D eigenvalue weighted by Gasteiger charge is 2.26. The summed E-state index contributed by atoms with van der Waals surface area (Å²) in [6, 6.07) is 0. The van der Waals surface area contributed by atoms with Gasteiger partial charge in [-0.05, 0) is 26.2 Å². The van der Waals surface area contributed by atoms with Crippen molar-refractivity contribution in [3.05, 3.63) is 18.7 Å². The molecule has 1 aromatic rings. The largest absolute Gasteiger partial charge is 0.390 e. The van der Waals surface area contributed by atoms with E-state index in [1.54, 1.807) is 12.5 Å². The molecule has 0 bridgehead atoms. The summed E-state index contributed by atoms with van der Waals surface area (Å²) in [6.45, 7) is 3.95. The number of hydrogen-bond donors (Lipinski definition) is 1. The van der Waals surface area contributed by atoms with E-state index < -0.39 is 5.60 Å². The minimum Gasteiger partial charge on any atom is -0.390 e. The molecule has 1 aliphatic rings. The highest BCUT2D eigenvalue weighted by Crippen LogP contribution is 2.21. The Morgan fingerprint density at radius 3 is 3.00 bits per heavy atom. The van der Waals surface area contributed by atoms with E-state index in [4.69, 9.17) is 0 Å². The Kier molecular flexibility index (Phi) is 4.01. The van der Waals surface area contributed by atoms with Gasteiger partial charge in [0.2, 0.25) is 5.91 Å². The highest BCUT2D eigenvalue weighted by atomic mass is 16.3. The Hall–Kier alpha value is -1.36. The van der Waals surface area contributed by atoms with Gasteiger partial charge in [0.15, 0.2) is 0 Å². The van der Waals surface area contributed by atoms with Crippen LogP contribution in [0.2, 0.25) is 0 Å². The van der Waals surface area contributed by atoms with Crippen LogP contribution in [0.5, 0.6) is 0 Å². The predicted molar refractivity (Wildman–Crippen MR) is 67.9 cm³/mol. The maximum atomic E-state index is 12.1. The Bertz CT molecular complexity index is 387. The van der Waals surface area contributed by atoms with Crippen LogP contribution in [-0.2, 0) is 11.3 Å². The summed E-state index contributed by atoms with van der Waals surface area (Å²) < 4.78 is 1.91. The standard InChI is InChI=1S/C13H21N3O2/c1-13(18)4-2-7-16(9-5-13)12(17)3-8-15-10-6-14-11-15/h6,10-11,18H,2-5,7-9H2,1H3. The fraction of sp³-hybridized carbons (Fsp3) is 0.692. The average Bonchev–Trinajstić information content (AvgIpc) is 2.77. The molecule has 1 unspecified atom stereocenters. The molecule has 0 spiro atoms. The number of carbonyl (C=O) groups excluding carboxylic acids is 1. The van der Waals surface area contributed by atoms with Gasteiger partial charge in [-0.3, -0.25) is 4.79 Å². The Morgan fingerprint density at radius 1 is 1.44 bits per heavy atom. The number of aromatic nitrogens is 2. The van der Waals surface area contributed by atoms with E-state index in [0.29, 0.717) is 25.9 Å². The third kappa shape index (κ3) is 3.57. The van der Waals surface area contributed by atoms with Crippen molar-refractivity contribution >= 4 is 5.91 Å². The number of amides is 1. The van der Waals surface area contributed by atoms with E-state index in [2.05, 4.69) is 4.98 Å². The van der Waals surface area contributed by atoms with E-state index in [1.165, 1.54) is 0 Å². The second kappa shape index (κ2) is 5.52. The van der Waals surface area contributed by atoms with E-state index >= 15 is 0 Å². The SMILES string of the molecule is CC1(O)CCCN(C(=O)CCn2ccnc2)CC1. The van der Waals surface area contributed by atoms with Gasteiger partial charge in [-0.15, -0.1) is 0 Å². The summed E-state index contributed by atoms with van der Waals surface area (Å²) in [6.07, 6.45) is 8.12. The van der Waals surface area contributed by atoms with Crippen molar-refractivity contribution in [2.24, 2.45) is 0 Å². The molecule has 1 amide bonds. The lowest BCUT2D eigenvalue weighted by molar-refractivity contribution is -0.131. The molecular weight excluding hydrogens is 230 g/mol. The Labute approximate surface area is 107 Å². The monoisotopic (exact) mass is 251 g/mol. The number of rotatable bonds is 3. The maximum Gasteiger partial charge on any atom is 0.224 e. The van der Waals surface area contributed by atoms with Crippen molar-refractivity contribution in [1.82, 2.24) is 14.5 Å². The second-order valence-electron chi connectivity index (χ2n) is 5.28. The molecule has 1 N–H and O–H groups in total. The number of carbonyl (C=O) groups is 1. The topological polar surface area (TPSA) is 58.4 Å². The smallest absolute Gasteiger partial charge is 0.224 e. The molecule has 2 heterocycles. The van der Waals surface area contributed by atoms with Gasteiger partial charge >= 0.3 is 0 Å². The molecule has 0 aliphatic carbocycles. The molecule has 18 heavy (non-hydrogen) atoms. The molecular formula is C13H21N3O2. The van der Waals surface area contributed by atoms with Crippen LogP contribution >= 0.6 is 0 Å². The van der Waals surface area contributed by atoms with Gasteiger partial charge < -0.3 is 14.6 Å². The summed E-state index contributed by atoms with van der Waals surface area (Å²) in [5, 5.41) is 9.98. The lowest BCUT2D eigenvalue weighted by Gasteiger charge is -2.22. The summed E-state index contributed by atoms with van der Waals surface area (Å²) in [5.41, 5.74) is -0.612. The quantitative estimate of drug-likeness (QED) is 0.873. The first-order chi connectivity index (χ1) is 8.57. The zero-order valence-electron chi connectivity index (χ0n) is 10.9. The van der Waals surface area contributed by atoms with Crippen molar-refractivity contribution in [1.29, 1.82) is 0 Å². The second-order valence-corrected chi connectivity index (χ2v) is 5.28. The van der Waals surface area contributed by atoms with E-state index in [1.807, 2.05) is 22.6 Å². The lowest BCUT2D eigenvalue weighted by Crippen LogP contribution is -2.33. The molecule has 100 valence electrons. The number of nitrogens with zero attached hydrogens (tertiary/aromatic N) is 3. The first kappa shape index (κ1) is 13.1. The number of likely N-dealkylation sites (tertiary alicyclic amines) is 1. The number of aliphatic hydroxyl groups is 1. The average molecular weight is 251 g/mol. The van der Waals surface area contributed by atoms with Gasteiger partial charge in [-0.1, -0.05) is 0 Å². The fourth-order valence-corrected chi connectivity index (χ4v) is 2.31. The fourth-order valence-electron chi connectivity index (χ4n) is 2.31. The molecule has 1 aliphatic heterocycles. The van der Waals surface area contributed by atoms with E-state index in [0.717, 1.165) is 19.4 Å². The highest BCUT2D eigenvalue weighted by molar-refractivity contribution is 5.76. The molecule has 1 aromatic heterocycles. The normalized spacial score (nSPS) is 24.9. The minimum atomic E-state index is -0.612. The summed E-state index contributed by atoms with van der Waals surface area (Å²) in [7, 11) is 0. The molecule has 0 aromatic carbocycles. The lowest BCUT2D eigenvalue weighted by atomic mass is 9.98. The van der Waals surface area contributed by atoms with Crippen LogP contribution in [0.1, 0.15) is 32.6 Å². The van der Waals surface area contributed by atoms with Crippen LogP contribution in [0.4, 0.5) is 0 Å². The molecule has 5 nitrogen and oxygen atoms in total. The number of hydrogen-bond acceptors (Lipinski definition) is 3. The van der Waals surface area contributed by atoms with E-state index in [9.17, 15) is 9.90 Å². The third-order valence-corrected chi connectivity index (χ3v) is 3.56. The van der Waals surface area contributed by atoms with E-state index in [-0.39, 0.29) is 5.91 Å². The first-order valence-corrected chi connectivity index (χ1v) is 6.53. The van der Waals surface area contributed by atoms with Gasteiger partial charge in [0.1, 0.15) is 0 Å². The molecule has 0 radical (unpaired) electrons. The summed E-state index contributed by atoms with van der Waals surface area (Å²) in [5.74, 6) is 0.168. The predicted octanol–water partition coefficient (Wildman–Crippen LogP) is 1.04. The minimum absolute atomic E-state index is 0.168. The van der Waals surface area contributed by atoms with Crippen LogP contribution in [0.3, 0.4) is 0 Å².